The molecule has 2 aromatic rings. The molecule has 102 valence electrons. The van der Waals surface area contributed by atoms with E-state index in [9.17, 15) is 5.11 Å². The zero-order valence-electron chi connectivity index (χ0n) is 11.1. The second kappa shape index (κ2) is 5.67. The van der Waals surface area contributed by atoms with E-state index in [0.717, 1.165) is 0 Å². The molecular weight excluding hydrogens is 246 g/mol. The summed E-state index contributed by atoms with van der Waals surface area (Å²) in [7, 11) is 4.62. The summed E-state index contributed by atoms with van der Waals surface area (Å²) in [6.45, 7) is 0. The van der Waals surface area contributed by atoms with Gasteiger partial charge in [0.25, 0.3) is 0 Å². The van der Waals surface area contributed by atoms with Gasteiger partial charge in [-0.3, -0.25) is 0 Å². The Balaban J connectivity index is 2.51. The summed E-state index contributed by atoms with van der Waals surface area (Å²) in [5.41, 5.74) is 1.30. The standard InChI is InChI=1S/C14H17NO4/c1-17-11-7-6-9(13(18-2)14(11)19-3)12(16)10-5-4-8-15-10/h4-8,12,15-16H,1-3H3. The molecule has 2 rings (SSSR count). The van der Waals surface area contributed by atoms with E-state index in [4.69, 9.17) is 14.2 Å². The number of H-pyrrole nitrogens is 1. The predicted molar refractivity (Wildman–Crippen MR) is 71.0 cm³/mol. The molecule has 0 fully saturated rings. The summed E-state index contributed by atoms with van der Waals surface area (Å²) in [6, 6.07) is 7.13. The lowest BCUT2D eigenvalue weighted by Crippen LogP contribution is -2.05. The number of hydrogen-bond donors (Lipinski definition) is 2. The van der Waals surface area contributed by atoms with E-state index in [2.05, 4.69) is 4.98 Å². The number of hydrogen-bond acceptors (Lipinski definition) is 4. The van der Waals surface area contributed by atoms with Crippen LogP contribution in [0.25, 0.3) is 0 Å². The maximum Gasteiger partial charge on any atom is 0.203 e. The van der Waals surface area contributed by atoms with E-state index in [1.165, 1.54) is 14.2 Å². The van der Waals surface area contributed by atoms with Gasteiger partial charge in [0.15, 0.2) is 11.5 Å². The Morgan fingerprint density at radius 1 is 1.00 bits per heavy atom. The number of aliphatic hydroxyl groups is 1. The highest BCUT2D eigenvalue weighted by Gasteiger charge is 2.22. The summed E-state index contributed by atoms with van der Waals surface area (Å²) < 4.78 is 15.9. The molecule has 1 aromatic carbocycles. The monoisotopic (exact) mass is 263 g/mol. The lowest BCUT2D eigenvalue weighted by atomic mass is 10.0. The number of aliphatic hydroxyl groups excluding tert-OH is 1. The van der Waals surface area contributed by atoms with Gasteiger partial charge in [-0.2, -0.15) is 0 Å². The maximum absolute atomic E-state index is 10.4. The van der Waals surface area contributed by atoms with Gasteiger partial charge in [-0.05, 0) is 24.3 Å². The molecule has 0 aliphatic heterocycles. The van der Waals surface area contributed by atoms with Crippen molar-refractivity contribution in [3.05, 3.63) is 41.7 Å². The Hall–Kier alpha value is -2.14. The third-order valence-corrected chi connectivity index (χ3v) is 2.95. The number of rotatable bonds is 5. The molecule has 2 N–H and O–H groups in total. The first kappa shape index (κ1) is 13.3. The second-order valence-corrected chi connectivity index (χ2v) is 3.95. The summed E-state index contributed by atoms with van der Waals surface area (Å²) in [5.74, 6) is 1.49. The molecule has 19 heavy (non-hydrogen) atoms. The summed E-state index contributed by atoms with van der Waals surface area (Å²) >= 11 is 0. The van der Waals surface area contributed by atoms with Crippen LogP contribution in [0.4, 0.5) is 0 Å². The van der Waals surface area contributed by atoms with Crippen LogP contribution in [0.3, 0.4) is 0 Å². The van der Waals surface area contributed by atoms with Gasteiger partial charge in [-0.25, -0.2) is 0 Å². The highest BCUT2D eigenvalue weighted by Crippen LogP contribution is 2.43. The van der Waals surface area contributed by atoms with Crippen molar-refractivity contribution >= 4 is 0 Å². The number of methoxy groups -OCH3 is 3. The molecule has 0 amide bonds. The molecule has 1 heterocycles. The van der Waals surface area contributed by atoms with Gasteiger partial charge in [-0.15, -0.1) is 0 Å². The van der Waals surface area contributed by atoms with Crippen LogP contribution in [0, 0.1) is 0 Å². The number of benzene rings is 1. The summed E-state index contributed by atoms with van der Waals surface area (Å²) in [4.78, 5) is 2.98. The number of nitrogens with one attached hydrogen (secondary N) is 1. The Morgan fingerprint density at radius 2 is 1.74 bits per heavy atom. The largest absolute Gasteiger partial charge is 0.493 e. The Bertz CT molecular complexity index is 537. The Labute approximate surface area is 111 Å². The van der Waals surface area contributed by atoms with Crippen molar-refractivity contribution in [3.63, 3.8) is 0 Å². The van der Waals surface area contributed by atoms with Crippen LogP contribution in [0.5, 0.6) is 17.2 Å². The first-order valence-corrected chi connectivity index (χ1v) is 5.83. The average molecular weight is 263 g/mol. The van der Waals surface area contributed by atoms with Gasteiger partial charge in [-0.1, -0.05) is 0 Å². The van der Waals surface area contributed by atoms with Crippen molar-refractivity contribution in [1.29, 1.82) is 0 Å². The normalized spacial score (nSPS) is 12.0. The van der Waals surface area contributed by atoms with Crippen molar-refractivity contribution in [2.45, 2.75) is 6.10 Å². The fourth-order valence-corrected chi connectivity index (χ4v) is 2.02. The Morgan fingerprint density at radius 3 is 2.26 bits per heavy atom. The van der Waals surface area contributed by atoms with Crippen LogP contribution in [-0.4, -0.2) is 31.4 Å². The van der Waals surface area contributed by atoms with E-state index in [1.807, 2.05) is 6.07 Å². The van der Waals surface area contributed by atoms with E-state index < -0.39 is 6.10 Å². The van der Waals surface area contributed by atoms with E-state index >= 15 is 0 Å². The second-order valence-electron chi connectivity index (χ2n) is 3.95. The number of aromatic amines is 1. The summed E-state index contributed by atoms with van der Waals surface area (Å²) in [6.07, 6.45) is 0.941. The van der Waals surface area contributed by atoms with Gasteiger partial charge in [0.2, 0.25) is 5.75 Å². The van der Waals surface area contributed by atoms with Crippen molar-refractivity contribution in [2.24, 2.45) is 0 Å². The lowest BCUT2D eigenvalue weighted by Gasteiger charge is -2.18. The molecule has 0 saturated heterocycles. The van der Waals surface area contributed by atoms with Crippen LogP contribution in [0.15, 0.2) is 30.5 Å². The molecule has 0 radical (unpaired) electrons. The third-order valence-electron chi connectivity index (χ3n) is 2.95. The highest BCUT2D eigenvalue weighted by molar-refractivity contribution is 5.57. The SMILES string of the molecule is COc1ccc(C(O)c2ccc[nH]2)c(OC)c1OC. The molecule has 0 bridgehead atoms. The van der Waals surface area contributed by atoms with Crippen molar-refractivity contribution in [3.8, 4) is 17.2 Å². The molecule has 0 aliphatic rings. The van der Waals surface area contributed by atoms with Crippen molar-refractivity contribution in [2.75, 3.05) is 21.3 Å². The third kappa shape index (κ3) is 2.37. The molecule has 5 heteroatoms. The zero-order chi connectivity index (χ0) is 13.8. The van der Waals surface area contributed by atoms with E-state index in [1.54, 1.807) is 31.5 Å². The van der Waals surface area contributed by atoms with Crippen LogP contribution in [0.1, 0.15) is 17.4 Å². The van der Waals surface area contributed by atoms with Crippen molar-refractivity contribution < 1.29 is 19.3 Å². The molecule has 1 aromatic heterocycles. The minimum Gasteiger partial charge on any atom is -0.493 e. The van der Waals surface area contributed by atoms with Crippen LogP contribution in [0.2, 0.25) is 0 Å². The molecule has 1 atom stereocenters. The maximum atomic E-state index is 10.4. The minimum atomic E-state index is -0.815. The quantitative estimate of drug-likeness (QED) is 0.867. The smallest absolute Gasteiger partial charge is 0.203 e. The van der Waals surface area contributed by atoms with E-state index in [0.29, 0.717) is 28.5 Å². The first-order valence-electron chi connectivity index (χ1n) is 5.83. The van der Waals surface area contributed by atoms with Crippen LogP contribution < -0.4 is 14.2 Å². The molecule has 0 aliphatic carbocycles. The zero-order valence-corrected chi connectivity index (χ0v) is 11.1. The molecule has 5 nitrogen and oxygen atoms in total. The lowest BCUT2D eigenvalue weighted by molar-refractivity contribution is 0.208. The van der Waals surface area contributed by atoms with Gasteiger partial charge in [0.1, 0.15) is 6.10 Å². The molecule has 1 unspecified atom stereocenters. The fourth-order valence-electron chi connectivity index (χ4n) is 2.02. The number of aromatic nitrogens is 1. The predicted octanol–water partition coefficient (Wildman–Crippen LogP) is 2.12. The van der Waals surface area contributed by atoms with Gasteiger partial charge in [0, 0.05) is 17.5 Å². The van der Waals surface area contributed by atoms with Gasteiger partial charge >= 0.3 is 0 Å². The van der Waals surface area contributed by atoms with Gasteiger partial charge in [0.05, 0.1) is 21.3 Å². The topological polar surface area (TPSA) is 63.7 Å². The minimum absolute atomic E-state index is 0.462. The fraction of sp³-hybridized carbons (Fsp3) is 0.286. The van der Waals surface area contributed by atoms with Gasteiger partial charge < -0.3 is 24.3 Å². The Kier molecular flexibility index (Phi) is 3.97. The first-order chi connectivity index (χ1) is 9.22. The summed E-state index contributed by atoms with van der Waals surface area (Å²) in [5, 5.41) is 10.4. The van der Waals surface area contributed by atoms with Crippen molar-refractivity contribution in [1.82, 2.24) is 4.98 Å². The molecule has 0 saturated carbocycles. The molecule has 0 spiro atoms. The van der Waals surface area contributed by atoms with Crippen LogP contribution in [-0.2, 0) is 0 Å². The highest BCUT2D eigenvalue weighted by atomic mass is 16.5. The average Bonchev–Trinajstić information content (AvgIpc) is 2.98. The molecular formula is C14H17NO4. The van der Waals surface area contributed by atoms with Crippen LogP contribution >= 0.6 is 0 Å². The number of ether oxygens (including phenoxy) is 3. The van der Waals surface area contributed by atoms with E-state index in [-0.39, 0.29) is 0 Å².